The van der Waals surface area contributed by atoms with Crippen molar-refractivity contribution in [3.05, 3.63) is 22.7 Å². The Morgan fingerprint density at radius 3 is 3.00 bits per heavy atom. The Balaban J connectivity index is 1.75. The van der Waals surface area contributed by atoms with Gasteiger partial charge in [0.2, 0.25) is 11.7 Å². The smallest absolute Gasteiger partial charge is 0.308 e. The lowest BCUT2D eigenvalue weighted by Gasteiger charge is -2.41. The van der Waals surface area contributed by atoms with Crippen molar-refractivity contribution in [3.8, 4) is 11.4 Å². The summed E-state index contributed by atoms with van der Waals surface area (Å²) in [7, 11) is 0. The molecule has 6 nitrogen and oxygen atoms in total. The van der Waals surface area contributed by atoms with Gasteiger partial charge in [-0.1, -0.05) is 5.16 Å². The first-order valence-electron chi connectivity index (χ1n) is 7.40. The van der Waals surface area contributed by atoms with Gasteiger partial charge in [0.1, 0.15) is 0 Å². The fourth-order valence-corrected chi connectivity index (χ4v) is 3.71. The highest BCUT2D eigenvalue weighted by molar-refractivity contribution is 7.08. The molecular formula is C15H19N3O3S. The molecule has 3 rings (SSSR count). The molecule has 7 heteroatoms. The summed E-state index contributed by atoms with van der Waals surface area (Å²) in [6.45, 7) is 4.57. The molecule has 0 aliphatic carbocycles. The van der Waals surface area contributed by atoms with Gasteiger partial charge in [0.15, 0.2) is 0 Å². The van der Waals surface area contributed by atoms with Crippen molar-refractivity contribution < 1.29 is 14.4 Å². The van der Waals surface area contributed by atoms with Crippen LogP contribution in [0.2, 0.25) is 0 Å². The Bertz CT molecular complexity index is 640. The van der Waals surface area contributed by atoms with E-state index < -0.39 is 5.97 Å². The summed E-state index contributed by atoms with van der Waals surface area (Å²) in [5.74, 6) is 0.0543. The molecule has 2 aromatic heterocycles. The van der Waals surface area contributed by atoms with Crippen LogP contribution in [0.4, 0.5) is 0 Å². The van der Waals surface area contributed by atoms with Crippen LogP contribution in [-0.2, 0) is 11.3 Å². The van der Waals surface area contributed by atoms with Crippen molar-refractivity contribution in [1.29, 1.82) is 0 Å². The first-order valence-corrected chi connectivity index (χ1v) is 8.34. The number of carbonyl (C=O) groups is 1. The van der Waals surface area contributed by atoms with Crippen molar-refractivity contribution in [2.45, 2.75) is 45.3 Å². The molecule has 1 saturated heterocycles. The van der Waals surface area contributed by atoms with E-state index in [1.807, 2.05) is 23.8 Å². The van der Waals surface area contributed by atoms with Crippen molar-refractivity contribution in [3.63, 3.8) is 0 Å². The molecule has 1 N–H and O–H groups in total. The van der Waals surface area contributed by atoms with Crippen LogP contribution in [0.5, 0.6) is 0 Å². The largest absolute Gasteiger partial charge is 0.481 e. The highest BCUT2D eigenvalue weighted by atomic mass is 32.1. The van der Waals surface area contributed by atoms with Gasteiger partial charge in [-0.15, -0.1) is 0 Å². The lowest BCUT2D eigenvalue weighted by Crippen LogP contribution is -2.50. The number of hydrogen-bond donors (Lipinski definition) is 1. The maximum Gasteiger partial charge on any atom is 0.308 e. The predicted molar refractivity (Wildman–Crippen MR) is 82.4 cm³/mol. The summed E-state index contributed by atoms with van der Waals surface area (Å²) in [6, 6.07) is 2.21. The normalized spacial score (nSPS) is 26.2. The zero-order valence-electron chi connectivity index (χ0n) is 12.6. The highest BCUT2D eigenvalue weighted by Crippen LogP contribution is 2.29. The Hall–Kier alpha value is -1.73. The summed E-state index contributed by atoms with van der Waals surface area (Å²) >= 11 is 1.59. The third kappa shape index (κ3) is 2.91. The number of likely N-dealkylation sites (tertiary alicyclic amines) is 1. The molecule has 22 heavy (non-hydrogen) atoms. The third-order valence-corrected chi connectivity index (χ3v) is 5.13. The molecule has 3 unspecified atom stereocenters. The summed E-state index contributed by atoms with van der Waals surface area (Å²) in [6.07, 6.45) is 1.59. The van der Waals surface area contributed by atoms with Gasteiger partial charge in [0, 0.05) is 23.0 Å². The van der Waals surface area contributed by atoms with Crippen LogP contribution < -0.4 is 0 Å². The molecule has 0 radical (unpaired) electrons. The summed E-state index contributed by atoms with van der Waals surface area (Å²) in [5, 5.41) is 17.3. The number of carboxylic acids is 1. The molecule has 0 saturated carbocycles. The van der Waals surface area contributed by atoms with E-state index in [1.54, 1.807) is 11.3 Å². The van der Waals surface area contributed by atoms with E-state index >= 15 is 0 Å². The molecular weight excluding hydrogens is 302 g/mol. The zero-order valence-corrected chi connectivity index (χ0v) is 13.4. The number of hydrogen-bond acceptors (Lipinski definition) is 6. The second-order valence-corrected chi connectivity index (χ2v) is 6.59. The number of aromatic nitrogens is 2. The molecule has 1 fully saturated rings. The lowest BCUT2D eigenvalue weighted by molar-refractivity contribution is -0.147. The fraction of sp³-hybridized carbons (Fsp3) is 0.533. The van der Waals surface area contributed by atoms with Gasteiger partial charge in [-0.25, -0.2) is 0 Å². The van der Waals surface area contributed by atoms with Gasteiger partial charge in [0.05, 0.1) is 12.5 Å². The van der Waals surface area contributed by atoms with E-state index in [0.717, 1.165) is 18.4 Å². The molecule has 3 heterocycles. The summed E-state index contributed by atoms with van der Waals surface area (Å²) in [5.41, 5.74) is 0.947. The molecule has 2 aromatic rings. The Labute approximate surface area is 132 Å². The average molecular weight is 321 g/mol. The highest BCUT2D eigenvalue weighted by Gasteiger charge is 2.37. The monoisotopic (exact) mass is 321 g/mol. The van der Waals surface area contributed by atoms with Gasteiger partial charge in [-0.05, 0) is 38.1 Å². The van der Waals surface area contributed by atoms with E-state index in [0.29, 0.717) is 24.3 Å². The minimum Gasteiger partial charge on any atom is -0.481 e. The maximum absolute atomic E-state index is 11.4. The van der Waals surface area contributed by atoms with E-state index in [2.05, 4.69) is 22.0 Å². The second kappa shape index (κ2) is 6.18. The molecule has 0 amide bonds. The minimum absolute atomic E-state index is 0.0438. The SMILES string of the molecule is CC1CCC(C(=O)O)C(C)N1Cc1nc(-c2ccsc2)no1. The Kier molecular flexibility index (Phi) is 4.26. The Morgan fingerprint density at radius 1 is 1.50 bits per heavy atom. The van der Waals surface area contributed by atoms with Crippen LogP contribution in [0.15, 0.2) is 21.3 Å². The topological polar surface area (TPSA) is 79.5 Å². The number of carboxylic acid groups (broad SMARTS) is 1. The maximum atomic E-state index is 11.4. The van der Waals surface area contributed by atoms with Crippen molar-refractivity contribution in [2.75, 3.05) is 0 Å². The molecule has 1 aliphatic heterocycles. The second-order valence-electron chi connectivity index (χ2n) is 5.81. The standard InChI is InChI=1S/C15H19N3O3S/c1-9-3-4-12(15(19)20)10(2)18(9)7-13-16-14(17-21-13)11-5-6-22-8-11/h5-6,8-10,12H,3-4,7H2,1-2H3,(H,19,20). The van der Waals surface area contributed by atoms with Crippen LogP contribution in [0.3, 0.4) is 0 Å². The van der Waals surface area contributed by atoms with Crippen molar-refractivity contribution >= 4 is 17.3 Å². The molecule has 0 bridgehead atoms. The van der Waals surface area contributed by atoms with E-state index in [9.17, 15) is 9.90 Å². The average Bonchev–Trinajstić information content (AvgIpc) is 3.13. The fourth-order valence-electron chi connectivity index (χ4n) is 3.07. The van der Waals surface area contributed by atoms with Crippen LogP contribution >= 0.6 is 11.3 Å². The minimum atomic E-state index is -0.728. The molecule has 1 aliphatic rings. The number of rotatable bonds is 4. The van der Waals surface area contributed by atoms with Gasteiger partial charge in [-0.2, -0.15) is 16.3 Å². The van der Waals surface area contributed by atoms with Crippen molar-refractivity contribution in [2.24, 2.45) is 5.92 Å². The van der Waals surface area contributed by atoms with Gasteiger partial charge in [-0.3, -0.25) is 9.69 Å². The molecule has 3 atom stereocenters. The number of aliphatic carboxylic acids is 1. The number of piperidine rings is 1. The van der Waals surface area contributed by atoms with Crippen molar-refractivity contribution in [1.82, 2.24) is 15.0 Å². The van der Waals surface area contributed by atoms with Gasteiger partial charge in [0.25, 0.3) is 0 Å². The van der Waals surface area contributed by atoms with E-state index in [-0.39, 0.29) is 12.0 Å². The zero-order chi connectivity index (χ0) is 15.7. The quantitative estimate of drug-likeness (QED) is 0.933. The van der Waals surface area contributed by atoms with Crippen LogP contribution in [0.1, 0.15) is 32.6 Å². The van der Waals surface area contributed by atoms with E-state index in [4.69, 9.17) is 4.52 Å². The molecule has 0 aromatic carbocycles. The summed E-state index contributed by atoms with van der Waals surface area (Å²) < 4.78 is 5.34. The third-order valence-electron chi connectivity index (χ3n) is 4.45. The van der Waals surface area contributed by atoms with Gasteiger partial charge >= 0.3 is 5.97 Å². The number of nitrogens with zero attached hydrogens (tertiary/aromatic N) is 3. The molecule has 118 valence electrons. The Morgan fingerprint density at radius 2 is 2.32 bits per heavy atom. The first kappa shape index (κ1) is 15.2. The van der Waals surface area contributed by atoms with Crippen LogP contribution in [0, 0.1) is 5.92 Å². The molecule has 0 spiro atoms. The lowest BCUT2D eigenvalue weighted by atomic mass is 9.87. The van der Waals surface area contributed by atoms with E-state index in [1.165, 1.54) is 0 Å². The predicted octanol–water partition coefficient (Wildman–Crippen LogP) is 2.87. The van der Waals surface area contributed by atoms with Crippen LogP contribution in [0.25, 0.3) is 11.4 Å². The summed E-state index contributed by atoms with van der Waals surface area (Å²) in [4.78, 5) is 17.9. The van der Waals surface area contributed by atoms with Crippen LogP contribution in [-0.4, -0.2) is 38.2 Å². The van der Waals surface area contributed by atoms with Gasteiger partial charge < -0.3 is 9.63 Å². The number of thiophene rings is 1. The first-order chi connectivity index (χ1) is 10.6.